The number of likely N-dealkylation sites (tertiary alicyclic amines) is 1. The van der Waals surface area contributed by atoms with Gasteiger partial charge in [0.25, 0.3) is 0 Å². The third-order valence-corrected chi connectivity index (χ3v) is 17.6. The summed E-state index contributed by atoms with van der Waals surface area (Å²) < 4.78 is 35.3. The van der Waals surface area contributed by atoms with Gasteiger partial charge in [0, 0.05) is 32.7 Å². The maximum absolute atomic E-state index is 15.3. The van der Waals surface area contributed by atoms with Crippen molar-refractivity contribution in [2.75, 3.05) is 26.4 Å². The highest BCUT2D eigenvalue weighted by atomic mass is 16.7. The number of amides is 10. The van der Waals surface area contributed by atoms with Gasteiger partial charge in [-0.25, -0.2) is 4.79 Å². The average molecular weight is 1410 g/mol. The first kappa shape index (κ1) is 81.0. The molecule has 18 atom stereocenters. The molecule has 3 saturated heterocycles. The molecule has 2 aromatic carbocycles. The molecular formula is C68H102N10O22. The summed E-state index contributed by atoms with van der Waals surface area (Å²) in [6.45, 7) is 18.3. The molecule has 32 nitrogen and oxygen atoms in total. The second-order valence-corrected chi connectivity index (χ2v) is 28.1. The molecule has 32 heteroatoms. The molecule has 3 heterocycles. The van der Waals surface area contributed by atoms with E-state index in [1.807, 2.05) is 48.5 Å². The lowest BCUT2D eigenvalue weighted by atomic mass is 9.94. The molecule has 4 aliphatic rings. The predicted molar refractivity (Wildman–Crippen MR) is 356 cm³/mol. The number of aliphatic hydroxyl groups excluding tert-OH is 5. The number of hydrogen-bond acceptors (Lipinski definition) is 22. The Morgan fingerprint density at radius 2 is 1.22 bits per heavy atom. The van der Waals surface area contributed by atoms with Crippen LogP contribution >= 0.6 is 0 Å². The van der Waals surface area contributed by atoms with Gasteiger partial charge in [-0.05, 0) is 102 Å². The molecule has 0 aromatic heterocycles. The highest BCUT2D eigenvalue weighted by Crippen LogP contribution is 2.44. The van der Waals surface area contributed by atoms with Crippen LogP contribution in [0.1, 0.15) is 146 Å². The number of primary amides is 1. The Labute approximate surface area is 581 Å². The van der Waals surface area contributed by atoms with E-state index >= 15 is 9.59 Å². The van der Waals surface area contributed by atoms with Gasteiger partial charge in [0.1, 0.15) is 97.2 Å². The molecular weight excluding hydrogens is 1310 g/mol. The number of ether oxygens (including phenoxy) is 6. The normalized spacial score (nSPS) is 25.0. The molecule has 0 spiro atoms. The molecule has 3 aliphatic heterocycles. The maximum atomic E-state index is 15.3. The Balaban J connectivity index is 1.35. The van der Waals surface area contributed by atoms with Gasteiger partial charge in [0.2, 0.25) is 53.2 Å². The summed E-state index contributed by atoms with van der Waals surface area (Å²) in [4.78, 5) is 155. The Morgan fingerprint density at radius 1 is 0.660 bits per heavy atom. The number of rotatable bonds is 30. The van der Waals surface area contributed by atoms with E-state index in [1.165, 1.54) is 11.8 Å². The number of fused-ring (bicyclic) bond motifs is 3. The molecule has 2 aromatic rings. The van der Waals surface area contributed by atoms with Crippen LogP contribution in [0, 0.1) is 11.8 Å². The van der Waals surface area contributed by atoms with Crippen LogP contribution < -0.4 is 48.3 Å². The van der Waals surface area contributed by atoms with Crippen LogP contribution in [0.5, 0.6) is 0 Å². The van der Waals surface area contributed by atoms with Crippen molar-refractivity contribution in [3.8, 4) is 11.1 Å². The van der Waals surface area contributed by atoms with Crippen LogP contribution in [0.4, 0.5) is 4.79 Å². The zero-order valence-corrected chi connectivity index (χ0v) is 58.9. The summed E-state index contributed by atoms with van der Waals surface area (Å²) in [5.74, 6) is -10.9. The number of alkyl carbamates (subject to hydrolysis) is 1. The molecule has 10 amide bonds. The number of nitrogens with two attached hydrogens (primary N) is 1. The topological polar surface area (TPSA) is 470 Å². The van der Waals surface area contributed by atoms with E-state index in [4.69, 9.17) is 34.2 Å². The first-order valence-electron chi connectivity index (χ1n) is 33.8. The molecule has 0 unspecified atom stereocenters. The van der Waals surface area contributed by atoms with Gasteiger partial charge in [-0.3, -0.25) is 47.9 Å². The minimum absolute atomic E-state index is 0.173. The lowest BCUT2D eigenvalue weighted by molar-refractivity contribution is -0.315. The minimum atomic E-state index is -2.07. The Morgan fingerprint density at radius 3 is 1.77 bits per heavy atom. The van der Waals surface area contributed by atoms with Crippen molar-refractivity contribution >= 4 is 65.2 Å². The van der Waals surface area contributed by atoms with Crippen molar-refractivity contribution in [3.63, 3.8) is 0 Å². The zero-order valence-electron chi connectivity index (χ0n) is 58.9. The summed E-state index contributed by atoms with van der Waals surface area (Å²) in [6.07, 6.45) is -17.4. The third-order valence-electron chi connectivity index (χ3n) is 17.6. The van der Waals surface area contributed by atoms with Crippen molar-refractivity contribution < 1.29 is 107 Å². The number of nitrogens with one attached hydrogen (secondary N) is 8. The van der Waals surface area contributed by atoms with Crippen LogP contribution in [0.3, 0.4) is 0 Å². The number of benzene rings is 2. The highest BCUT2D eigenvalue weighted by molar-refractivity contribution is 5.99. The van der Waals surface area contributed by atoms with Gasteiger partial charge in [-0.15, -0.1) is 0 Å². The van der Waals surface area contributed by atoms with Crippen molar-refractivity contribution in [3.05, 3.63) is 59.7 Å². The maximum Gasteiger partial charge on any atom is 0.407 e. The fourth-order valence-corrected chi connectivity index (χ4v) is 12.6. The average Bonchev–Trinajstić information content (AvgIpc) is 1.50. The molecule has 0 bridgehead atoms. The van der Waals surface area contributed by atoms with Crippen LogP contribution in [0.25, 0.3) is 11.1 Å². The highest BCUT2D eigenvalue weighted by Gasteiger charge is 2.53. The minimum Gasteiger partial charge on any atom is -0.460 e. The number of carbonyl (C=O) groups excluding carboxylic acids is 11. The summed E-state index contributed by atoms with van der Waals surface area (Å²) >= 11 is 0. The summed E-state index contributed by atoms with van der Waals surface area (Å²) in [7, 11) is 0. The standard InChI is InChI=1S/C68H102N10O22/c1-14-33(4)50(61(91)77-51(34(5)99-67(8,9)10)62(92)75-49(32(2)3)64(93)78-27-19-24-44(78)58(69)88)76-60(90)43(28-47(83)74-63-52(70-35(6)81)56(87)57(46(30-80)96-63)98-65-53(71-36(7)82)55(86)54(85)45(29-79)97-65)72-59(89)42(25-26-48(84)100-68(11,12)13)73-66(94)95-31-41-39-22-17-15-20-37(39)38-21-16-18-23-40(38)41/h15-18,20-23,32-34,41-46,49-57,63,65,79-80,85-87H,14,19,24-31H2,1-13H3,(H2,69,88)(H,70,81)(H,71,82)(H,72,89)(H,73,94)(H,74,83)(H,75,92)(H,76,90)(H,77,91)/t33-,34+,42-,43-,44-,45+,46+,49-,50-,51-,52+,53+,54+,55+,56+,57+,63+,65-/m0/s1. The van der Waals surface area contributed by atoms with Crippen molar-refractivity contribution in [1.82, 2.24) is 47.4 Å². The van der Waals surface area contributed by atoms with Crippen LogP contribution in [0.15, 0.2) is 48.5 Å². The van der Waals surface area contributed by atoms with E-state index in [2.05, 4.69) is 42.5 Å². The molecule has 100 heavy (non-hydrogen) atoms. The SMILES string of the molecule is CC[C@H](C)[C@H](NC(=O)[C@H](CC(=O)N[C@@H]1O[C@H](CO)[C@@H](O[C@@H]2O[C@H](CO)[C@@H](O)[C@H](O)[C@H]2NC(C)=O)[C@H](O)[C@H]1NC(C)=O)NC(=O)[C@H](CCC(=O)OC(C)(C)C)NC(=O)OCC1c2ccccc2-c2ccccc21)C(=O)N[C@H](C(=O)N[C@H](C(=O)N1CCC[C@H]1C(N)=O)C(C)C)[C@@H](C)OC(C)(C)C. The second kappa shape index (κ2) is 35.6. The molecule has 556 valence electrons. The third kappa shape index (κ3) is 21.5. The zero-order chi connectivity index (χ0) is 74.4. The monoisotopic (exact) mass is 1410 g/mol. The number of carbonyl (C=O) groups is 11. The van der Waals surface area contributed by atoms with Crippen molar-refractivity contribution in [2.24, 2.45) is 17.6 Å². The lowest BCUT2D eigenvalue weighted by Crippen LogP contribution is -2.71. The number of hydrogen-bond donors (Lipinski definition) is 14. The van der Waals surface area contributed by atoms with Crippen molar-refractivity contribution in [2.45, 2.75) is 249 Å². The lowest BCUT2D eigenvalue weighted by Gasteiger charge is -2.48. The predicted octanol–water partition coefficient (Wildman–Crippen LogP) is -1.25. The van der Waals surface area contributed by atoms with Crippen LogP contribution in [-0.4, -0.2) is 237 Å². The number of esters is 1. The largest absolute Gasteiger partial charge is 0.460 e. The van der Waals surface area contributed by atoms with Gasteiger partial charge in [0.05, 0.1) is 31.3 Å². The van der Waals surface area contributed by atoms with Crippen molar-refractivity contribution in [1.29, 1.82) is 0 Å². The quantitative estimate of drug-likeness (QED) is 0.0407. The Hall–Kier alpha value is -7.95. The van der Waals surface area contributed by atoms with E-state index in [0.29, 0.717) is 12.8 Å². The van der Waals surface area contributed by atoms with Gasteiger partial charge in [0.15, 0.2) is 12.5 Å². The van der Waals surface area contributed by atoms with Gasteiger partial charge < -0.3 is 107 Å². The molecule has 0 radical (unpaired) electrons. The van der Waals surface area contributed by atoms with Crippen LogP contribution in [0.2, 0.25) is 0 Å². The van der Waals surface area contributed by atoms with Gasteiger partial charge in [-0.2, -0.15) is 0 Å². The summed E-state index contributed by atoms with van der Waals surface area (Å²) in [6, 6.07) is 2.66. The van der Waals surface area contributed by atoms with E-state index in [0.717, 1.165) is 36.1 Å². The Bertz CT molecular complexity index is 3190. The fourth-order valence-electron chi connectivity index (χ4n) is 12.6. The van der Waals surface area contributed by atoms with Crippen LogP contribution in [-0.2, 0) is 76.4 Å². The smallest absolute Gasteiger partial charge is 0.407 e. The van der Waals surface area contributed by atoms with E-state index in [1.54, 1.807) is 69.2 Å². The van der Waals surface area contributed by atoms with E-state index in [9.17, 15) is 68.7 Å². The molecule has 6 rings (SSSR count). The first-order valence-corrected chi connectivity index (χ1v) is 33.8. The number of nitrogens with zero attached hydrogens (tertiary/aromatic N) is 1. The van der Waals surface area contributed by atoms with Gasteiger partial charge >= 0.3 is 12.1 Å². The molecule has 3 fully saturated rings. The van der Waals surface area contributed by atoms with E-state index in [-0.39, 0.29) is 19.6 Å². The summed E-state index contributed by atoms with van der Waals surface area (Å²) in [5, 5.41) is 74.8. The molecule has 0 saturated carbocycles. The van der Waals surface area contributed by atoms with Gasteiger partial charge in [-0.1, -0.05) is 82.6 Å². The Kier molecular flexibility index (Phi) is 28.8. The first-order chi connectivity index (χ1) is 46.9. The van der Waals surface area contributed by atoms with E-state index < -0.39 is 230 Å². The summed E-state index contributed by atoms with van der Waals surface area (Å²) in [5.41, 5.74) is 7.32. The second-order valence-electron chi connectivity index (χ2n) is 28.1. The molecule has 1 aliphatic carbocycles. The fraction of sp³-hybridized carbons (Fsp3) is 0.662. The molecule has 15 N–H and O–H groups in total. The number of aliphatic hydroxyl groups is 5.